The average Bonchev–Trinajstić information content (AvgIpc) is 3.60. The van der Waals surface area contributed by atoms with Crippen LogP contribution in [-0.2, 0) is 19.4 Å². The van der Waals surface area contributed by atoms with Crippen molar-refractivity contribution in [2.75, 3.05) is 0 Å². The molecule has 0 N–H and O–H groups in total. The van der Waals surface area contributed by atoms with E-state index in [0.29, 0.717) is 0 Å². The standard InChI is InChI=1S/C19H17.C5H5.Fe/c1-3-8-16(9-4-1)14-18-12-7-13-19(18)15-17-10-5-2-6-11-17;1-2-4-5-3-1;/h1-13H,14-15H2;1-5H;. The van der Waals surface area contributed by atoms with E-state index in [2.05, 4.69) is 60.7 Å². The molecule has 10 fully saturated rings. The van der Waals surface area contributed by atoms with E-state index in [0.717, 1.165) is 8.63 Å². The van der Waals surface area contributed by atoms with E-state index >= 15 is 0 Å². The van der Waals surface area contributed by atoms with Crippen LogP contribution in [0.2, 0.25) is 47.2 Å². The first-order chi connectivity index (χ1) is 12.1. The van der Waals surface area contributed by atoms with Crippen molar-refractivity contribution in [1.29, 1.82) is 0 Å². The van der Waals surface area contributed by atoms with Gasteiger partial charge >= 0.3 is 138 Å². The van der Waals surface area contributed by atoms with Gasteiger partial charge in [0.1, 0.15) is 0 Å². The molecule has 10 aliphatic rings. The molecule has 0 radical (unpaired) electrons. The molecule has 10 heterocycles. The summed E-state index contributed by atoms with van der Waals surface area (Å²) in [5, 5.41) is 0. The molecule has 2 aromatic carbocycles. The molecule has 25 heavy (non-hydrogen) atoms. The maximum absolute atomic E-state index is 3.21. The molecule has 126 valence electrons. The summed E-state index contributed by atoms with van der Waals surface area (Å²) >= 11 is 0. The third kappa shape index (κ3) is 0.159. The Bertz CT molecular complexity index is 1360. The van der Waals surface area contributed by atoms with Gasteiger partial charge in [-0.1, -0.05) is 0 Å². The molecule has 0 bridgehead atoms. The monoisotopic (exact) mass is 366 g/mol. The van der Waals surface area contributed by atoms with Gasteiger partial charge in [-0.05, 0) is 0 Å². The Kier molecular flexibility index (Phi) is 0.477. The van der Waals surface area contributed by atoms with Gasteiger partial charge in [0, 0.05) is 0 Å². The van der Waals surface area contributed by atoms with Crippen molar-refractivity contribution in [1.82, 2.24) is 0 Å². The zero-order valence-electron chi connectivity index (χ0n) is 14.2. The van der Waals surface area contributed by atoms with Crippen molar-refractivity contribution in [3.05, 3.63) is 71.8 Å². The van der Waals surface area contributed by atoms with Gasteiger partial charge in [0.05, 0.1) is 0 Å². The minimum absolute atomic E-state index is 0.948. The second-order valence-corrected chi connectivity index (χ2v) is 36.8. The molecular weight excluding hydrogens is 344 g/mol. The fourth-order valence-corrected chi connectivity index (χ4v) is 97.7. The van der Waals surface area contributed by atoms with Gasteiger partial charge in [-0.2, -0.15) is 0 Å². The molecule has 4 unspecified atom stereocenters. The van der Waals surface area contributed by atoms with E-state index in [9.17, 15) is 0 Å². The topological polar surface area (TPSA) is 0 Å². The Balaban J connectivity index is 1.24. The van der Waals surface area contributed by atoms with Crippen LogP contribution in [0, 0.1) is 0 Å². The Labute approximate surface area is 138 Å². The van der Waals surface area contributed by atoms with Gasteiger partial charge in [0.25, 0.3) is 0 Å². The predicted molar refractivity (Wildman–Crippen MR) is 95.7 cm³/mol. The molecule has 1 spiro atoms. The number of hydrogen-bond donors (Lipinski definition) is 0. The van der Waals surface area contributed by atoms with Crippen LogP contribution in [0.3, 0.4) is 0 Å². The fourth-order valence-electron chi connectivity index (χ4n) is 20.3. The Morgan fingerprint density at radius 1 is 0.560 bits per heavy atom. The number of hydrogen-bond acceptors (Lipinski definition) is 0. The Morgan fingerprint density at radius 2 is 0.960 bits per heavy atom. The molecule has 1 heteroatoms. The number of benzene rings is 2. The van der Waals surface area contributed by atoms with E-state index in [1.807, 2.05) is 0 Å². The summed E-state index contributed by atoms with van der Waals surface area (Å²) < 4.78 is 1.90. The molecule has 10 saturated heterocycles. The van der Waals surface area contributed by atoms with Crippen LogP contribution >= 0.6 is 0 Å². The second kappa shape index (κ2) is 1.15. The van der Waals surface area contributed by atoms with Gasteiger partial charge in [-0.15, -0.1) is 0 Å². The van der Waals surface area contributed by atoms with Gasteiger partial charge < -0.3 is 0 Å². The van der Waals surface area contributed by atoms with Crippen LogP contribution in [0.15, 0.2) is 60.7 Å². The first-order valence-corrected chi connectivity index (χ1v) is 16.6. The summed E-state index contributed by atoms with van der Waals surface area (Å²) in [4.78, 5) is 11.2. The van der Waals surface area contributed by atoms with Crippen LogP contribution < -0.4 is 0 Å². The maximum atomic E-state index is 2.46. The van der Waals surface area contributed by atoms with E-state index in [1.54, 1.807) is 11.1 Å². The van der Waals surface area contributed by atoms with Gasteiger partial charge in [0.2, 0.25) is 0 Å². The molecule has 0 saturated carbocycles. The number of fused-ring (bicyclic) bond motifs is 10. The summed E-state index contributed by atoms with van der Waals surface area (Å²) in [5.41, 5.74) is 3.39. The molecule has 10 aliphatic heterocycles. The third-order valence-electron chi connectivity index (χ3n) is 18.1. The van der Waals surface area contributed by atoms with Crippen LogP contribution in [0.4, 0.5) is 0 Å². The van der Waals surface area contributed by atoms with Crippen molar-refractivity contribution in [2.24, 2.45) is 0 Å². The zero-order valence-corrected chi connectivity index (χ0v) is 15.3. The van der Waals surface area contributed by atoms with Gasteiger partial charge in [0.15, 0.2) is 0 Å². The molecule has 4 atom stereocenters. The summed E-state index contributed by atoms with van der Waals surface area (Å²) in [6.07, 6.45) is 3.03. The third-order valence-corrected chi connectivity index (χ3v) is 62.1. The summed E-state index contributed by atoms with van der Waals surface area (Å²) in [5.74, 6) is 0. The normalized spacial score (nSPS) is 87.5. The van der Waals surface area contributed by atoms with Crippen molar-refractivity contribution in [3.8, 4) is 0 Å². The van der Waals surface area contributed by atoms with Crippen molar-refractivity contribution >= 4 is 0 Å². The molecule has 0 aromatic heterocycles. The molecule has 2 aromatic rings. The van der Waals surface area contributed by atoms with Crippen molar-refractivity contribution in [3.63, 3.8) is 0 Å². The summed E-state index contributed by atoms with van der Waals surface area (Å²) in [6, 6.07) is 23.4. The van der Waals surface area contributed by atoms with Crippen LogP contribution in [0.1, 0.15) is 11.1 Å². The second-order valence-electron chi connectivity index (χ2n) is 13.4. The summed E-state index contributed by atoms with van der Waals surface area (Å²) in [6.45, 7) is -3.21. The number of rotatable bonds is 4. The first-order valence-electron chi connectivity index (χ1n) is 10.4. The summed E-state index contributed by atoms with van der Waals surface area (Å²) in [7, 11) is 0. The zero-order chi connectivity index (χ0) is 15.6. The predicted octanol–water partition coefficient (Wildman–Crippen LogP) is 6.60. The Hall–Kier alpha value is -1.04. The van der Waals surface area contributed by atoms with Crippen LogP contribution in [0.5, 0.6) is 0 Å². The Morgan fingerprint density at radius 3 is 1.28 bits per heavy atom. The fraction of sp³-hybridized carbons (Fsp3) is 0.500. The van der Waals surface area contributed by atoms with E-state index in [-0.39, 0.29) is 0 Å². The molecule has 0 aliphatic carbocycles. The molecule has 0 nitrogen and oxygen atoms in total. The first kappa shape index (κ1) is 10.3. The average molecular weight is 366 g/mol. The van der Waals surface area contributed by atoms with E-state index in [4.69, 9.17) is 0 Å². The van der Waals surface area contributed by atoms with Crippen molar-refractivity contribution in [2.45, 2.75) is 60.0 Å². The van der Waals surface area contributed by atoms with Gasteiger partial charge in [-0.25, -0.2) is 0 Å². The van der Waals surface area contributed by atoms with E-state index < -0.39 is 6.51 Å². The van der Waals surface area contributed by atoms with Crippen molar-refractivity contribution < 1.29 is 6.51 Å². The molecule has 12 rings (SSSR count). The quantitative estimate of drug-likeness (QED) is 0.535. The van der Waals surface area contributed by atoms with Gasteiger partial charge in [-0.3, -0.25) is 0 Å². The minimum atomic E-state index is -3.21. The molecule has 0 amide bonds. The van der Waals surface area contributed by atoms with Crippen LogP contribution in [0.25, 0.3) is 0 Å². The van der Waals surface area contributed by atoms with Crippen LogP contribution in [-0.4, -0.2) is 0 Å². The molecular formula is C24H22Fe. The van der Waals surface area contributed by atoms with E-state index in [1.165, 1.54) is 51.4 Å². The SMILES string of the molecule is c1ccc(C[C]23[CH]4[CH]5[CH]6[C]2(Cc2ccccc2)[Fe]54632789[CH]3[CH]2[CH]7[CH]8[CH]39)cc1.